The highest BCUT2D eigenvalue weighted by atomic mass is 32.1. The molecule has 3 aromatic rings. The number of methoxy groups -OCH3 is 2. The van der Waals surface area contributed by atoms with Gasteiger partial charge in [-0.3, -0.25) is 4.79 Å². The fourth-order valence-electron chi connectivity index (χ4n) is 2.79. The fourth-order valence-corrected chi connectivity index (χ4v) is 3.67. The number of nitrogens with one attached hydrogen (secondary N) is 2. The maximum Gasteiger partial charge on any atom is 0.267 e. The Morgan fingerprint density at radius 2 is 1.79 bits per heavy atom. The monoisotopic (exact) mass is 397 g/mol. The summed E-state index contributed by atoms with van der Waals surface area (Å²) in [6.45, 7) is 3.93. The van der Waals surface area contributed by atoms with Crippen molar-refractivity contribution in [3.05, 3.63) is 58.6 Å². The molecule has 6 nitrogen and oxygen atoms in total. The van der Waals surface area contributed by atoms with Gasteiger partial charge in [-0.15, -0.1) is 0 Å². The van der Waals surface area contributed by atoms with E-state index in [1.807, 2.05) is 25.1 Å². The number of nitrogens with zero attached hydrogens (tertiary/aromatic N) is 1. The molecule has 1 amide bonds. The topological polar surface area (TPSA) is 72.5 Å². The van der Waals surface area contributed by atoms with Crippen LogP contribution in [0.1, 0.15) is 27.9 Å². The second kappa shape index (κ2) is 8.75. The molecule has 0 radical (unpaired) electrons. The lowest BCUT2D eigenvalue weighted by molar-refractivity contribution is 0.103. The molecule has 3 rings (SSSR count). The van der Waals surface area contributed by atoms with Crippen LogP contribution in [0.2, 0.25) is 0 Å². The van der Waals surface area contributed by atoms with Crippen LogP contribution in [-0.4, -0.2) is 25.1 Å². The third kappa shape index (κ3) is 4.43. The molecule has 7 heteroatoms. The lowest BCUT2D eigenvalue weighted by atomic mass is 10.1. The molecule has 0 fully saturated rings. The average molecular weight is 398 g/mol. The molecule has 0 spiro atoms. The Morgan fingerprint density at radius 1 is 1.11 bits per heavy atom. The predicted octanol–water partition coefficient (Wildman–Crippen LogP) is 5.03. The van der Waals surface area contributed by atoms with Crippen molar-refractivity contribution in [3.63, 3.8) is 0 Å². The predicted molar refractivity (Wildman–Crippen MR) is 113 cm³/mol. The van der Waals surface area contributed by atoms with Crippen molar-refractivity contribution in [2.45, 2.75) is 20.3 Å². The number of aromatic nitrogens is 1. The van der Waals surface area contributed by atoms with Crippen molar-refractivity contribution in [3.8, 4) is 11.5 Å². The van der Waals surface area contributed by atoms with Crippen molar-refractivity contribution >= 4 is 33.8 Å². The number of aryl methyl sites for hydroxylation is 2. The first-order chi connectivity index (χ1) is 13.5. The van der Waals surface area contributed by atoms with E-state index in [-0.39, 0.29) is 5.91 Å². The zero-order valence-corrected chi connectivity index (χ0v) is 17.1. The Kier molecular flexibility index (Phi) is 6.16. The molecule has 0 saturated carbocycles. The summed E-state index contributed by atoms with van der Waals surface area (Å²) in [5, 5.41) is 6.91. The van der Waals surface area contributed by atoms with E-state index in [0.29, 0.717) is 32.9 Å². The van der Waals surface area contributed by atoms with Crippen LogP contribution in [0, 0.1) is 6.92 Å². The summed E-state index contributed by atoms with van der Waals surface area (Å²) < 4.78 is 10.5. The van der Waals surface area contributed by atoms with Crippen LogP contribution < -0.4 is 20.1 Å². The number of thiazole rings is 1. The smallest absolute Gasteiger partial charge is 0.267 e. The van der Waals surface area contributed by atoms with Gasteiger partial charge in [0.2, 0.25) is 0 Å². The number of hydrogen-bond donors (Lipinski definition) is 2. The molecule has 0 aliphatic heterocycles. The van der Waals surface area contributed by atoms with Crippen LogP contribution >= 0.6 is 11.3 Å². The highest BCUT2D eigenvalue weighted by Crippen LogP contribution is 2.30. The van der Waals surface area contributed by atoms with Crippen LogP contribution in [-0.2, 0) is 6.42 Å². The highest BCUT2D eigenvalue weighted by molar-refractivity contribution is 7.17. The number of benzene rings is 2. The van der Waals surface area contributed by atoms with Crippen LogP contribution in [0.5, 0.6) is 11.5 Å². The van der Waals surface area contributed by atoms with Crippen molar-refractivity contribution in [2.75, 3.05) is 24.9 Å². The first kappa shape index (κ1) is 19.7. The first-order valence-corrected chi connectivity index (χ1v) is 9.72. The van der Waals surface area contributed by atoms with Gasteiger partial charge in [-0.05, 0) is 25.0 Å². The van der Waals surface area contributed by atoms with Crippen molar-refractivity contribution in [1.29, 1.82) is 0 Å². The summed E-state index contributed by atoms with van der Waals surface area (Å²) in [5.41, 5.74) is 3.47. The number of para-hydroxylation sites is 1. The van der Waals surface area contributed by atoms with E-state index >= 15 is 0 Å². The number of carbonyl (C=O) groups excluding carboxylic acids is 1. The van der Waals surface area contributed by atoms with Gasteiger partial charge in [-0.2, -0.15) is 0 Å². The number of hydrogen-bond acceptors (Lipinski definition) is 6. The number of ether oxygens (including phenoxy) is 2. The molecule has 0 bridgehead atoms. The summed E-state index contributed by atoms with van der Waals surface area (Å²) in [5.74, 6) is 0.991. The van der Waals surface area contributed by atoms with Gasteiger partial charge in [-0.1, -0.05) is 36.5 Å². The SMILES string of the molecule is CCc1ccccc1Nc1nc(C)c(C(=O)Nc2cc(OC)cc(OC)c2)s1. The Balaban J connectivity index is 1.80. The van der Waals surface area contributed by atoms with Crippen LogP contribution in [0.25, 0.3) is 0 Å². The van der Waals surface area contributed by atoms with Crippen LogP contribution in [0.4, 0.5) is 16.5 Å². The second-order valence-corrected chi connectivity index (χ2v) is 7.12. The normalized spacial score (nSPS) is 10.4. The number of amides is 1. The molecular formula is C21H23N3O3S. The van der Waals surface area contributed by atoms with Crippen LogP contribution in [0.15, 0.2) is 42.5 Å². The zero-order chi connectivity index (χ0) is 20.1. The van der Waals surface area contributed by atoms with Crippen molar-refractivity contribution in [1.82, 2.24) is 4.98 Å². The fraction of sp³-hybridized carbons (Fsp3) is 0.238. The standard InChI is InChI=1S/C21H23N3O3S/c1-5-14-8-6-7-9-18(14)24-21-22-13(2)19(28-21)20(25)23-15-10-16(26-3)12-17(11-15)27-4/h6-12H,5H2,1-4H3,(H,22,24)(H,23,25). The maximum atomic E-state index is 12.8. The summed E-state index contributed by atoms with van der Waals surface area (Å²) in [6, 6.07) is 13.3. The Morgan fingerprint density at radius 3 is 2.43 bits per heavy atom. The number of carbonyl (C=O) groups is 1. The lowest BCUT2D eigenvalue weighted by Crippen LogP contribution is -2.11. The lowest BCUT2D eigenvalue weighted by Gasteiger charge is -2.09. The summed E-state index contributed by atoms with van der Waals surface area (Å²) in [6.07, 6.45) is 0.915. The molecule has 0 unspecified atom stereocenters. The minimum atomic E-state index is -0.220. The number of anilines is 3. The molecule has 28 heavy (non-hydrogen) atoms. The maximum absolute atomic E-state index is 12.8. The largest absolute Gasteiger partial charge is 0.497 e. The molecule has 2 N–H and O–H groups in total. The highest BCUT2D eigenvalue weighted by Gasteiger charge is 2.17. The van der Waals surface area contributed by atoms with Crippen LogP contribution in [0.3, 0.4) is 0 Å². The van der Waals surface area contributed by atoms with E-state index in [1.165, 1.54) is 16.9 Å². The molecule has 0 saturated heterocycles. The van der Waals surface area contributed by atoms with E-state index in [4.69, 9.17) is 9.47 Å². The molecule has 146 valence electrons. The van der Waals surface area contributed by atoms with Gasteiger partial charge in [0.05, 0.1) is 19.9 Å². The van der Waals surface area contributed by atoms with E-state index in [1.54, 1.807) is 32.4 Å². The third-order valence-corrected chi connectivity index (χ3v) is 5.32. The third-order valence-electron chi connectivity index (χ3n) is 4.25. The van der Waals surface area contributed by atoms with Gasteiger partial charge >= 0.3 is 0 Å². The van der Waals surface area contributed by atoms with Gasteiger partial charge in [0.25, 0.3) is 5.91 Å². The zero-order valence-electron chi connectivity index (χ0n) is 16.3. The van der Waals surface area contributed by atoms with Gasteiger partial charge in [0.15, 0.2) is 5.13 Å². The Hall–Kier alpha value is -3.06. The second-order valence-electron chi connectivity index (χ2n) is 6.12. The van der Waals surface area contributed by atoms with E-state index in [0.717, 1.165) is 12.1 Å². The molecule has 0 aliphatic carbocycles. The van der Waals surface area contributed by atoms with E-state index in [2.05, 4.69) is 28.6 Å². The van der Waals surface area contributed by atoms with Crippen molar-refractivity contribution < 1.29 is 14.3 Å². The number of rotatable bonds is 7. The molecule has 0 atom stereocenters. The minimum absolute atomic E-state index is 0.220. The van der Waals surface area contributed by atoms with Gasteiger partial charge < -0.3 is 20.1 Å². The van der Waals surface area contributed by atoms with Gasteiger partial charge in [0, 0.05) is 29.6 Å². The molecule has 0 aliphatic rings. The molecule has 2 aromatic carbocycles. The minimum Gasteiger partial charge on any atom is -0.497 e. The quantitative estimate of drug-likeness (QED) is 0.585. The van der Waals surface area contributed by atoms with E-state index < -0.39 is 0 Å². The summed E-state index contributed by atoms with van der Waals surface area (Å²) in [4.78, 5) is 17.8. The Bertz CT molecular complexity index is 963. The molecule has 1 aromatic heterocycles. The summed E-state index contributed by atoms with van der Waals surface area (Å²) in [7, 11) is 3.14. The van der Waals surface area contributed by atoms with E-state index in [9.17, 15) is 4.79 Å². The molecule has 1 heterocycles. The summed E-state index contributed by atoms with van der Waals surface area (Å²) >= 11 is 1.32. The average Bonchev–Trinajstić information content (AvgIpc) is 3.08. The van der Waals surface area contributed by atoms with Crippen molar-refractivity contribution in [2.24, 2.45) is 0 Å². The first-order valence-electron chi connectivity index (χ1n) is 8.90. The molecular weight excluding hydrogens is 374 g/mol. The van der Waals surface area contributed by atoms with Gasteiger partial charge in [-0.25, -0.2) is 4.98 Å². The Labute approximate surface area is 168 Å². The van der Waals surface area contributed by atoms with Gasteiger partial charge in [0.1, 0.15) is 16.4 Å².